The predicted octanol–water partition coefficient (Wildman–Crippen LogP) is 3.61. The summed E-state index contributed by atoms with van der Waals surface area (Å²) in [5.41, 5.74) is 6.62. The SMILES string of the molecule is Nc1c(SC(F)(Cl)Cl)cnn1-c1ccccc1. The minimum absolute atomic E-state index is 0.296. The number of aromatic nitrogens is 2. The van der Waals surface area contributed by atoms with Crippen LogP contribution < -0.4 is 5.73 Å². The predicted molar refractivity (Wildman–Crippen MR) is 69.4 cm³/mol. The summed E-state index contributed by atoms with van der Waals surface area (Å²) in [6, 6.07) is 9.25. The molecule has 0 fully saturated rings. The molecule has 1 heterocycles. The molecule has 0 aliphatic heterocycles. The van der Waals surface area contributed by atoms with Crippen molar-refractivity contribution in [3.63, 3.8) is 0 Å². The van der Waals surface area contributed by atoms with Crippen molar-refractivity contribution in [2.75, 3.05) is 5.73 Å². The molecule has 1 aromatic carbocycles. The third-order valence-electron chi connectivity index (χ3n) is 2.00. The molecule has 0 saturated heterocycles. The molecule has 0 amide bonds. The fraction of sp³-hybridized carbons (Fsp3) is 0.100. The molecule has 0 bridgehead atoms. The number of nitrogen functional groups attached to an aromatic ring is 1. The summed E-state index contributed by atoms with van der Waals surface area (Å²) in [5, 5.41) is 4.06. The summed E-state index contributed by atoms with van der Waals surface area (Å²) in [4.78, 5) is 0.390. The Labute approximate surface area is 112 Å². The van der Waals surface area contributed by atoms with Crippen LogP contribution in [0.25, 0.3) is 5.69 Å². The van der Waals surface area contributed by atoms with E-state index in [0.717, 1.165) is 5.69 Å². The van der Waals surface area contributed by atoms with Crippen LogP contribution in [0.5, 0.6) is 0 Å². The topological polar surface area (TPSA) is 43.8 Å². The van der Waals surface area contributed by atoms with Crippen molar-refractivity contribution in [3.8, 4) is 5.69 Å². The van der Waals surface area contributed by atoms with Gasteiger partial charge in [-0.15, -0.1) is 0 Å². The number of para-hydroxylation sites is 1. The van der Waals surface area contributed by atoms with Gasteiger partial charge in [-0.2, -0.15) is 9.49 Å². The maximum atomic E-state index is 13.1. The Bertz CT molecular complexity index is 510. The van der Waals surface area contributed by atoms with Crippen molar-refractivity contribution in [2.45, 2.75) is 8.81 Å². The highest BCUT2D eigenvalue weighted by molar-refractivity contribution is 8.03. The molecule has 90 valence electrons. The van der Waals surface area contributed by atoms with Crippen molar-refractivity contribution in [1.82, 2.24) is 9.78 Å². The van der Waals surface area contributed by atoms with Crippen LogP contribution in [0.2, 0.25) is 0 Å². The first-order valence-corrected chi connectivity index (χ1v) is 6.19. The lowest BCUT2D eigenvalue weighted by atomic mass is 10.3. The molecule has 0 unspecified atom stereocenters. The van der Waals surface area contributed by atoms with Crippen molar-refractivity contribution in [2.24, 2.45) is 0 Å². The highest BCUT2D eigenvalue weighted by Gasteiger charge is 2.26. The van der Waals surface area contributed by atoms with Crippen LogP contribution in [0.1, 0.15) is 0 Å². The number of hydrogen-bond acceptors (Lipinski definition) is 3. The smallest absolute Gasteiger partial charge is 0.309 e. The van der Waals surface area contributed by atoms with E-state index < -0.39 is 3.92 Å². The third kappa shape index (κ3) is 3.06. The zero-order valence-electron chi connectivity index (χ0n) is 8.48. The van der Waals surface area contributed by atoms with E-state index in [2.05, 4.69) is 5.10 Å². The molecular weight excluding hydrogens is 284 g/mol. The Balaban J connectivity index is 2.34. The van der Waals surface area contributed by atoms with Crippen molar-refractivity contribution >= 4 is 40.8 Å². The second kappa shape index (κ2) is 4.76. The summed E-state index contributed by atoms with van der Waals surface area (Å²) in [7, 11) is 0. The van der Waals surface area contributed by atoms with E-state index in [1.807, 2.05) is 30.3 Å². The fourth-order valence-electron chi connectivity index (χ4n) is 1.32. The van der Waals surface area contributed by atoms with Crippen molar-refractivity contribution in [1.29, 1.82) is 0 Å². The zero-order valence-corrected chi connectivity index (χ0v) is 10.8. The number of nitrogens with two attached hydrogens (primary N) is 1. The fourth-order valence-corrected chi connectivity index (χ4v) is 2.36. The van der Waals surface area contributed by atoms with Crippen molar-refractivity contribution in [3.05, 3.63) is 36.5 Å². The van der Waals surface area contributed by atoms with E-state index in [0.29, 0.717) is 22.5 Å². The first-order chi connectivity index (χ1) is 7.97. The van der Waals surface area contributed by atoms with Gasteiger partial charge in [-0.3, -0.25) is 0 Å². The number of rotatable bonds is 3. The molecule has 3 nitrogen and oxygen atoms in total. The first-order valence-electron chi connectivity index (χ1n) is 4.62. The average Bonchev–Trinajstić information content (AvgIpc) is 2.60. The Morgan fingerprint density at radius 1 is 1.29 bits per heavy atom. The molecule has 2 rings (SSSR count). The monoisotopic (exact) mass is 291 g/mol. The minimum atomic E-state index is -2.42. The molecule has 0 aliphatic rings. The quantitative estimate of drug-likeness (QED) is 0.694. The maximum absolute atomic E-state index is 13.1. The van der Waals surface area contributed by atoms with Gasteiger partial charge in [0.2, 0.25) is 0 Å². The highest BCUT2D eigenvalue weighted by atomic mass is 35.5. The minimum Gasteiger partial charge on any atom is -0.383 e. The Morgan fingerprint density at radius 3 is 2.53 bits per heavy atom. The van der Waals surface area contributed by atoms with Gasteiger partial charge in [0.1, 0.15) is 5.82 Å². The lowest BCUT2D eigenvalue weighted by Gasteiger charge is -2.08. The molecule has 0 radical (unpaired) electrons. The van der Waals surface area contributed by atoms with Gasteiger partial charge in [-0.1, -0.05) is 41.4 Å². The Hall–Kier alpha value is -0.910. The number of anilines is 1. The summed E-state index contributed by atoms with van der Waals surface area (Å²) in [5.74, 6) is 0.296. The van der Waals surface area contributed by atoms with Crippen LogP contribution in [-0.2, 0) is 0 Å². The van der Waals surface area contributed by atoms with Gasteiger partial charge in [0, 0.05) is 0 Å². The molecule has 0 spiro atoms. The second-order valence-corrected chi connectivity index (χ2v) is 6.08. The molecule has 2 aromatic rings. The Morgan fingerprint density at radius 2 is 1.94 bits per heavy atom. The summed E-state index contributed by atoms with van der Waals surface area (Å²) in [6.07, 6.45) is 1.42. The second-order valence-electron chi connectivity index (χ2n) is 3.19. The van der Waals surface area contributed by atoms with Crippen LogP contribution in [0, 0.1) is 0 Å². The Kier molecular flexibility index (Phi) is 3.51. The van der Waals surface area contributed by atoms with Crippen LogP contribution in [0.3, 0.4) is 0 Å². The summed E-state index contributed by atoms with van der Waals surface area (Å²) >= 11 is 11.1. The van der Waals surface area contributed by atoms with Gasteiger partial charge in [-0.05, 0) is 23.9 Å². The summed E-state index contributed by atoms with van der Waals surface area (Å²) < 4.78 is 12.1. The summed E-state index contributed by atoms with van der Waals surface area (Å²) in [6.45, 7) is 0. The lowest BCUT2D eigenvalue weighted by molar-refractivity contribution is 0.516. The molecule has 17 heavy (non-hydrogen) atoms. The number of nitrogens with zero attached hydrogens (tertiary/aromatic N) is 2. The molecule has 0 saturated carbocycles. The standard InChI is InChI=1S/C10H8Cl2FN3S/c11-10(12,13)17-8-6-15-16(9(8)14)7-4-2-1-3-5-7/h1-6H,14H2. The van der Waals surface area contributed by atoms with Gasteiger partial charge >= 0.3 is 3.92 Å². The number of thioether (sulfide) groups is 1. The molecule has 0 atom stereocenters. The zero-order chi connectivity index (χ0) is 12.5. The van der Waals surface area contributed by atoms with E-state index in [4.69, 9.17) is 28.9 Å². The number of alkyl halides is 3. The lowest BCUT2D eigenvalue weighted by Crippen LogP contribution is -2.03. The van der Waals surface area contributed by atoms with Gasteiger partial charge < -0.3 is 5.73 Å². The van der Waals surface area contributed by atoms with E-state index in [1.165, 1.54) is 10.9 Å². The maximum Gasteiger partial charge on any atom is 0.309 e. The van der Waals surface area contributed by atoms with E-state index >= 15 is 0 Å². The first kappa shape index (κ1) is 12.5. The van der Waals surface area contributed by atoms with Crippen LogP contribution in [-0.4, -0.2) is 13.7 Å². The molecule has 7 heteroatoms. The highest BCUT2D eigenvalue weighted by Crippen LogP contribution is 2.43. The number of hydrogen-bond donors (Lipinski definition) is 1. The van der Waals surface area contributed by atoms with E-state index in [-0.39, 0.29) is 0 Å². The largest absolute Gasteiger partial charge is 0.383 e. The number of halogens is 3. The molecule has 2 N–H and O–H groups in total. The van der Waals surface area contributed by atoms with Gasteiger partial charge in [0.15, 0.2) is 0 Å². The molecule has 1 aromatic heterocycles. The molecular formula is C10H8Cl2FN3S. The van der Waals surface area contributed by atoms with Crippen LogP contribution >= 0.6 is 35.0 Å². The van der Waals surface area contributed by atoms with Crippen LogP contribution in [0.15, 0.2) is 41.4 Å². The normalized spacial score (nSPS) is 11.7. The average molecular weight is 292 g/mol. The van der Waals surface area contributed by atoms with Gasteiger partial charge in [0.25, 0.3) is 0 Å². The van der Waals surface area contributed by atoms with Gasteiger partial charge in [-0.25, -0.2) is 4.68 Å². The van der Waals surface area contributed by atoms with E-state index in [9.17, 15) is 4.39 Å². The van der Waals surface area contributed by atoms with Crippen LogP contribution in [0.4, 0.5) is 10.2 Å². The third-order valence-corrected chi connectivity index (χ3v) is 3.23. The van der Waals surface area contributed by atoms with E-state index in [1.54, 1.807) is 0 Å². The number of benzene rings is 1. The molecule has 0 aliphatic carbocycles. The van der Waals surface area contributed by atoms with Gasteiger partial charge in [0.05, 0.1) is 16.8 Å². The van der Waals surface area contributed by atoms with Crippen molar-refractivity contribution < 1.29 is 4.39 Å².